The summed E-state index contributed by atoms with van der Waals surface area (Å²) in [7, 11) is 0. The lowest BCUT2D eigenvalue weighted by atomic mass is 10.0. The molecule has 88 valence electrons. The molecule has 0 bridgehead atoms. The van der Waals surface area contributed by atoms with Gasteiger partial charge in [0.05, 0.1) is 5.92 Å². The number of hydroxylamine groups is 2. The van der Waals surface area contributed by atoms with Gasteiger partial charge >= 0.3 is 5.97 Å². The van der Waals surface area contributed by atoms with Crippen LogP contribution in [0.5, 0.6) is 0 Å². The van der Waals surface area contributed by atoms with Crippen molar-refractivity contribution in [3.05, 3.63) is 0 Å². The number of ether oxygens (including phenoxy) is 1. The Hall–Kier alpha value is -1.43. The van der Waals surface area contributed by atoms with Gasteiger partial charge in [0.25, 0.3) is 11.8 Å². The zero-order valence-corrected chi connectivity index (χ0v) is 8.81. The predicted molar refractivity (Wildman–Crippen MR) is 50.7 cm³/mol. The number of carbonyl (C=O) groups is 3. The highest BCUT2D eigenvalue weighted by Gasteiger charge is 2.35. The largest absolute Gasteiger partial charge is 0.381 e. The molecule has 0 aliphatic carbocycles. The Morgan fingerprint density at radius 2 is 1.75 bits per heavy atom. The highest BCUT2D eigenvalue weighted by Crippen LogP contribution is 2.19. The first-order chi connectivity index (χ1) is 7.68. The normalized spacial score (nSPS) is 22.6. The van der Waals surface area contributed by atoms with Crippen LogP contribution in [-0.4, -0.2) is 36.1 Å². The van der Waals surface area contributed by atoms with Crippen molar-refractivity contribution in [2.75, 3.05) is 13.2 Å². The fourth-order valence-electron chi connectivity index (χ4n) is 1.76. The van der Waals surface area contributed by atoms with Crippen LogP contribution in [0.4, 0.5) is 0 Å². The molecule has 2 aliphatic rings. The number of nitrogens with zero attached hydrogens (tertiary/aromatic N) is 1. The van der Waals surface area contributed by atoms with E-state index >= 15 is 0 Å². The number of hydrogen-bond acceptors (Lipinski definition) is 5. The number of hydrogen-bond donors (Lipinski definition) is 0. The van der Waals surface area contributed by atoms with Gasteiger partial charge in [0.2, 0.25) is 0 Å². The van der Waals surface area contributed by atoms with E-state index in [0.717, 1.165) is 0 Å². The molecule has 6 nitrogen and oxygen atoms in total. The molecule has 2 amide bonds. The predicted octanol–water partition coefficient (Wildman–Crippen LogP) is 0.0202. The minimum Gasteiger partial charge on any atom is -0.381 e. The summed E-state index contributed by atoms with van der Waals surface area (Å²) >= 11 is 0. The maximum Gasteiger partial charge on any atom is 0.336 e. The first kappa shape index (κ1) is 11.1. The molecule has 2 aliphatic heterocycles. The smallest absolute Gasteiger partial charge is 0.336 e. The second kappa shape index (κ2) is 4.61. The van der Waals surface area contributed by atoms with Crippen LogP contribution < -0.4 is 0 Å². The molecule has 2 fully saturated rings. The van der Waals surface area contributed by atoms with Crippen molar-refractivity contribution >= 4 is 17.8 Å². The fraction of sp³-hybridized carbons (Fsp3) is 0.700. The zero-order chi connectivity index (χ0) is 11.5. The molecule has 2 saturated heterocycles. The average molecular weight is 227 g/mol. The summed E-state index contributed by atoms with van der Waals surface area (Å²) in [6.45, 7) is 1.03. The van der Waals surface area contributed by atoms with Gasteiger partial charge in [0, 0.05) is 26.1 Å². The molecule has 2 rings (SSSR count). The Balaban J connectivity index is 1.90. The summed E-state index contributed by atoms with van der Waals surface area (Å²) in [4.78, 5) is 38.8. The molecule has 0 aromatic carbocycles. The molecule has 2 heterocycles. The Morgan fingerprint density at radius 1 is 1.19 bits per heavy atom. The molecule has 0 spiro atoms. The van der Waals surface area contributed by atoms with Crippen LogP contribution in [0.1, 0.15) is 25.7 Å². The molecule has 0 atom stereocenters. The number of rotatable bonds is 2. The van der Waals surface area contributed by atoms with Gasteiger partial charge in [-0.2, -0.15) is 0 Å². The van der Waals surface area contributed by atoms with Crippen molar-refractivity contribution < 1.29 is 24.0 Å². The van der Waals surface area contributed by atoms with Crippen LogP contribution in [0.2, 0.25) is 0 Å². The van der Waals surface area contributed by atoms with E-state index < -0.39 is 17.8 Å². The molecule has 16 heavy (non-hydrogen) atoms. The lowest BCUT2D eigenvalue weighted by Crippen LogP contribution is -2.36. The molecular weight excluding hydrogens is 214 g/mol. The maximum atomic E-state index is 11.6. The molecule has 0 saturated carbocycles. The number of amides is 2. The van der Waals surface area contributed by atoms with Gasteiger partial charge in [-0.05, 0) is 12.8 Å². The van der Waals surface area contributed by atoms with Crippen molar-refractivity contribution in [1.82, 2.24) is 5.06 Å². The van der Waals surface area contributed by atoms with E-state index in [1.54, 1.807) is 0 Å². The second-order valence-corrected chi connectivity index (χ2v) is 3.88. The van der Waals surface area contributed by atoms with E-state index in [-0.39, 0.29) is 18.8 Å². The monoisotopic (exact) mass is 227 g/mol. The molecule has 6 heteroatoms. The first-order valence-corrected chi connectivity index (χ1v) is 5.34. The van der Waals surface area contributed by atoms with Gasteiger partial charge in [-0.15, -0.1) is 5.06 Å². The van der Waals surface area contributed by atoms with Gasteiger partial charge in [-0.1, -0.05) is 0 Å². The summed E-state index contributed by atoms with van der Waals surface area (Å²) in [5.74, 6) is -1.65. The van der Waals surface area contributed by atoms with Gasteiger partial charge in [-0.25, -0.2) is 4.79 Å². The Kier molecular flexibility index (Phi) is 3.19. The third kappa shape index (κ3) is 2.21. The second-order valence-electron chi connectivity index (χ2n) is 3.88. The standard InChI is InChI=1S/C10H13NO5/c12-8-1-2-9(13)11(8)16-10(14)7-3-5-15-6-4-7/h7H,1-6H2. The van der Waals surface area contributed by atoms with Crippen molar-refractivity contribution in [2.45, 2.75) is 25.7 Å². The van der Waals surface area contributed by atoms with Crippen LogP contribution >= 0.6 is 0 Å². The van der Waals surface area contributed by atoms with Crippen molar-refractivity contribution in [2.24, 2.45) is 5.92 Å². The lowest BCUT2D eigenvalue weighted by molar-refractivity contribution is -0.202. The Bertz CT molecular complexity index is 305. The minimum atomic E-state index is -0.507. The maximum absolute atomic E-state index is 11.6. The highest BCUT2D eigenvalue weighted by molar-refractivity contribution is 6.01. The molecule has 0 aromatic heterocycles. The third-order valence-corrected chi connectivity index (χ3v) is 2.74. The van der Waals surface area contributed by atoms with Crippen LogP contribution in [0.3, 0.4) is 0 Å². The Morgan fingerprint density at radius 3 is 2.31 bits per heavy atom. The van der Waals surface area contributed by atoms with Crippen LogP contribution in [0.25, 0.3) is 0 Å². The molecular formula is C10H13NO5. The zero-order valence-electron chi connectivity index (χ0n) is 8.81. The third-order valence-electron chi connectivity index (χ3n) is 2.74. The van der Waals surface area contributed by atoms with E-state index in [4.69, 9.17) is 9.57 Å². The topological polar surface area (TPSA) is 72.9 Å². The Labute approximate surface area is 92.4 Å². The van der Waals surface area contributed by atoms with Crippen LogP contribution in [0, 0.1) is 5.92 Å². The van der Waals surface area contributed by atoms with Gasteiger partial charge in [0.15, 0.2) is 0 Å². The highest BCUT2D eigenvalue weighted by atomic mass is 16.7. The summed E-state index contributed by atoms with van der Waals surface area (Å²) in [6, 6.07) is 0. The molecule has 0 unspecified atom stereocenters. The fourth-order valence-corrected chi connectivity index (χ4v) is 1.76. The number of imide groups is 1. The molecule has 0 radical (unpaired) electrons. The molecule has 0 N–H and O–H groups in total. The van der Waals surface area contributed by atoms with Gasteiger partial charge < -0.3 is 9.57 Å². The first-order valence-electron chi connectivity index (χ1n) is 5.34. The summed E-state index contributed by atoms with van der Waals surface area (Å²) in [6.07, 6.45) is 1.41. The summed E-state index contributed by atoms with van der Waals surface area (Å²) < 4.78 is 5.11. The van der Waals surface area contributed by atoms with Crippen molar-refractivity contribution in [3.8, 4) is 0 Å². The van der Waals surface area contributed by atoms with Crippen LogP contribution in [-0.2, 0) is 24.0 Å². The number of carbonyl (C=O) groups excluding carboxylic acids is 3. The van der Waals surface area contributed by atoms with E-state index in [1.807, 2.05) is 0 Å². The van der Waals surface area contributed by atoms with E-state index in [0.29, 0.717) is 31.1 Å². The van der Waals surface area contributed by atoms with Gasteiger partial charge in [-0.3, -0.25) is 9.59 Å². The van der Waals surface area contributed by atoms with E-state index in [2.05, 4.69) is 0 Å². The van der Waals surface area contributed by atoms with E-state index in [1.165, 1.54) is 0 Å². The van der Waals surface area contributed by atoms with Crippen LogP contribution in [0.15, 0.2) is 0 Å². The van der Waals surface area contributed by atoms with Crippen molar-refractivity contribution in [1.29, 1.82) is 0 Å². The molecule has 0 aromatic rings. The summed E-state index contributed by atoms with van der Waals surface area (Å²) in [5, 5.41) is 0.595. The van der Waals surface area contributed by atoms with E-state index in [9.17, 15) is 14.4 Å². The average Bonchev–Trinajstić information content (AvgIpc) is 2.62. The van der Waals surface area contributed by atoms with Gasteiger partial charge in [0.1, 0.15) is 0 Å². The quantitative estimate of drug-likeness (QED) is 0.622. The summed E-state index contributed by atoms with van der Waals surface area (Å²) in [5.41, 5.74) is 0. The van der Waals surface area contributed by atoms with Crippen molar-refractivity contribution in [3.63, 3.8) is 0 Å². The SMILES string of the molecule is O=C(ON1C(=O)CCC1=O)C1CCOCC1. The lowest BCUT2D eigenvalue weighted by Gasteiger charge is -2.22. The minimum absolute atomic E-state index is 0.125.